The van der Waals surface area contributed by atoms with Gasteiger partial charge in [-0.05, 0) is 7.05 Å². The van der Waals surface area contributed by atoms with Crippen molar-refractivity contribution in [2.45, 2.75) is 6.04 Å². The largest absolute Gasteiger partial charge is 0.378 e. The zero-order valence-electron chi connectivity index (χ0n) is 6.41. The molecule has 0 radical (unpaired) electrons. The van der Waals surface area contributed by atoms with Gasteiger partial charge in [0, 0.05) is 6.54 Å². The molecule has 0 aliphatic carbocycles. The maximum atomic E-state index is 10.9. The van der Waals surface area contributed by atoms with E-state index in [0.29, 0.717) is 13.2 Å². The molecular weight excluding hydrogens is 148 g/mol. The van der Waals surface area contributed by atoms with Crippen molar-refractivity contribution in [2.75, 3.05) is 26.8 Å². The summed E-state index contributed by atoms with van der Waals surface area (Å²) in [7, 11) is 1.82. The molecule has 1 heterocycles. The molecule has 1 rings (SSSR count). The van der Waals surface area contributed by atoms with Crippen molar-refractivity contribution < 1.29 is 14.7 Å². The molecule has 1 unspecified atom stereocenters. The third kappa shape index (κ3) is 1.89. The van der Waals surface area contributed by atoms with Gasteiger partial charge in [0.2, 0.25) is 0 Å². The fraction of sp³-hybridized carbons (Fsp3) is 0.833. The van der Waals surface area contributed by atoms with Crippen LogP contribution in [0.5, 0.6) is 0 Å². The summed E-state index contributed by atoms with van der Waals surface area (Å²) in [6.45, 7) is 1.71. The molecule has 1 saturated heterocycles. The maximum absolute atomic E-state index is 10.9. The van der Waals surface area contributed by atoms with Gasteiger partial charge in [-0.25, -0.2) is 5.48 Å². The Kier molecular flexibility index (Phi) is 2.81. The van der Waals surface area contributed by atoms with E-state index in [0.717, 1.165) is 6.54 Å². The lowest BCUT2D eigenvalue weighted by atomic mass is 10.2. The quantitative estimate of drug-likeness (QED) is 0.374. The fourth-order valence-electron chi connectivity index (χ4n) is 1.04. The van der Waals surface area contributed by atoms with Gasteiger partial charge in [-0.3, -0.25) is 14.9 Å². The highest BCUT2D eigenvalue weighted by molar-refractivity contribution is 5.80. The Balaban J connectivity index is 2.47. The molecule has 0 bridgehead atoms. The molecule has 1 amide bonds. The smallest absolute Gasteiger partial charge is 0.263 e. The van der Waals surface area contributed by atoms with Gasteiger partial charge in [-0.2, -0.15) is 0 Å². The first-order valence-electron chi connectivity index (χ1n) is 3.47. The summed E-state index contributed by atoms with van der Waals surface area (Å²) in [6.07, 6.45) is 0. The van der Waals surface area contributed by atoms with Gasteiger partial charge in [-0.1, -0.05) is 0 Å². The summed E-state index contributed by atoms with van der Waals surface area (Å²) in [5.74, 6) is -0.410. The Hall–Kier alpha value is -0.650. The van der Waals surface area contributed by atoms with Crippen LogP contribution in [0.2, 0.25) is 0 Å². The number of likely N-dealkylation sites (N-methyl/N-ethyl adjacent to an activating group) is 1. The summed E-state index contributed by atoms with van der Waals surface area (Å²) in [5.41, 5.74) is 1.60. The molecule has 5 nitrogen and oxygen atoms in total. The minimum atomic E-state index is -0.410. The van der Waals surface area contributed by atoms with Crippen LogP contribution in [0.1, 0.15) is 0 Å². The average Bonchev–Trinajstić information content (AvgIpc) is 2.04. The third-order valence-corrected chi connectivity index (χ3v) is 1.81. The van der Waals surface area contributed by atoms with Crippen molar-refractivity contribution in [2.24, 2.45) is 0 Å². The van der Waals surface area contributed by atoms with Crippen LogP contribution >= 0.6 is 0 Å². The minimum Gasteiger partial charge on any atom is -0.378 e. The topological polar surface area (TPSA) is 61.8 Å². The zero-order valence-corrected chi connectivity index (χ0v) is 6.41. The van der Waals surface area contributed by atoms with Crippen LogP contribution in [0, 0.1) is 0 Å². The van der Waals surface area contributed by atoms with Crippen LogP contribution in [0.3, 0.4) is 0 Å². The van der Waals surface area contributed by atoms with Crippen LogP contribution in [0.4, 0.5) is 0 Å². The van der Waals surface area contributed by atoms with Crippen molar-refractivity contribution in [3.8, 4) is 0 Å². The second-order valence-electron chi connectivity index (χ2n) is 2.55. The number of nitrogens with one attached hydrogen (secondary N) is 1. The molecule has 64 valence electrons. The van der Waals surface area contributed by atoms with E-state index in [2.05, 4.69) is 0 Å². The molecular formula is C6H12N2O3. The normalized spacial score (nSPS) is 26.5. The fourth-order valence-corrected chi connectivity index (χ4v) is 1.04. The number of ether oxygens (including phenoxy) is 1. The van der Waals surface area contributed by atoms with E-state index in [1.54, 1.807) is 5.48 Å². The summed E-state index contributed by atoms with van der Waals surface area (Å²) < 4.78 is 5.06. The lowest BCUT2D eigenvalue weighted by molar-refractivity contribution is -0.139. The van der Waals surface area contributed by atoms with Crippen LogP contribution in [-0.2, 0) is 9.53 Å². The van der Waals surface area contributed by atoms with Gasteiger partial charge in [0.05, 0.1) is 13.2 Å². The Morgan fingerprint density at radius 1 is 1.82 bits per heavy atom. The maximum Gasteiger partial charge on any atom is 0.263 e. The molecule has 0 saturated carbocycles. The molecule has 0 aromatic heterocycles. The average molecular weight is 160 g/mol. The first-order valence-corrected chi connectivity index (χ1v) is 3.47. The number of morpholine rings is 1. The molecule has 1 atom stereocenters. The van der Waals surface area contributed by atoms with E-state index in [1.807, 2.05) is 11.9 Å². The summed E-state index contributed by atoms with van der Waals surface area (Å²) >= 11 is 0. The van der Waals surface area contributed by atoms with E-state index < -0.39 is 5.91 Å². The monoisotopic (exact) mass is 160 g/mol. The van der Waals surface area contributed by atoms with Crippen molar-refractivity contribution in [1.82, 2.24) is 10.4 Å². The van der Waals surface area contributed by atoms with Gasteiger partial charge in [0.1, 0.15) is 6.04 Å². The Labute approximate surface area is 64.9 Å². The molecule has 2 N–H and O–H groups in total. The molecule has 0 spiro atoms. The van der Waals surface area contributed by atoms with E-state index in [9.17, 15) is 4.79 Å². The standard InChI is InChI=1S/C6H12N2O3/c1-8-2-3-11-4-5(8)6(9)7-10/h5,10H,2-4H2,1H3,(H,7,9). The van der Waals surface area contributed by atoms with E-state index >= 15 is 0 Å². The molecule has 0 aromatic rings. The van der Waals surface area contributed by atoms with Gasteiger partial charge in [0.25, 0.3) is 5.91 Å². The predicted molar refractivity (Wildman–Crippen MR) is 37.2 cm³/mol. The molecule has 1 aliphatic heterocycles. The van der Waals surface area contributed by atoms with Gasteiger partial charge in [-0.15, -0.1) is 0 Å². The number of amides is 1. The van der Waals surface area contributed by atoms with Crippen molar-refractivity contribution in [1.29, 1.82) is 0 Å². The molecule has 11 heavy (non-hydrogen) atoms. The number of hydrogen-bond donors (Lipinski definition) is 2. The number of carbonyl (C=O) groups is 1. The van der Waals surface area contributed by atoms with Crippen LogP contribution in [0.15, 0.2) is 0 Å². The summed E-state index contributed by atoms with van der Waals surface area (Å²) in [4.78, 5) is 12.7. The predicted octanol–water partition coefficient (Wildman–Crippen LogP) is -1.18. The highest BCUT2D eigenvalue weighted by Crippen LogP contribution is 2.02. The number of nitrogens with zero attached hydrogens (tertiary/aromatic N) is 1. The first kappa shape index (κ1) is 8.45. The van der Waals surface area contributed by atoms with Crippen LogP contribution in [-0.4, -0.2) is 48.9 Å². The lowest BCUT2D eigenvalue weighted by Crippen LogP contribution is -2.51. The molecule has 1 fully saturated rings. The van der Waals surface area contributed by atoms with Crippen LogP contribution in [0.25, 0.3) is 0 Å². The van der Waals surface area contributed by atoms with E-state index in [4.69, 9.17) is 9.94 Å². The SMILES string of the molecule is CN1CCOCC1C(=O)NO. The number of rotatable bonds is 1. The number of hydroxylamine groups is 1. The minimum absolute atomic E-state index is 0.350. The number of hydrogen-bond acceptors (Lipinski definition) is 4. The highest BCUT2D eigenvalue weighted by Gasteiger charge is 2.25. The van der Waals surface area contributed by atoms with E-state index in [1.165, 1.54) is 0 Å². The second-order valence-corrected chi connectivity index (χ2v) is 2.55. The second kappa shape index (κ2) is 3.66. The third-order valence-electron chi connectivity index (χ3n) is 1.81. The van der Waals surface area contributed by atoms with Gasteiger partial charge < -0.3 is 4.74 Å². The summed E-state index contributed by atoms with van der Waals surface area (Å²) in [6, 6.07) is -0.353. The lowest BCUT2D eigenvalue weighted by Gasteiger charge is -2.30. The Morgan fingerprint density at radius 3 is 3.09 bits per heavy atom. The van der Waals surface area contributed by atoms with Crippen LogP contribution < -0.4 is 5.48 Å². The van der Waals surface area contributed by atoms with E-state index in [-0.39, 0.29) is 6.04 Å². The highest BCUT2D eigenvalue weighted by atomic mass is 16.5. The van der Waals surface area contributed by atoms with Crippen molar-refractivity contribution >= 4 is 5.91 Å². The first-order chi connectivity index (χ1) is 5.25. The Bertz CT molecular complexity index is 151. The van der Waals surface area contributed by atoms with Gasteiger partial charge in [0.15, 0.2) is 0 Å². The molecule has 1 aliphatic rings. The van der Waals surface area contributed by atoms with Crippen molar-refractivity contribution in [3.63, 3.8) is 0 Å². The summed E-state index contributed by atoms with van der Waals surface area (Å²) in [5, 5.41) is 8.32. The molecule has 5 heteroatoms. The Morgan fingerprint density at radius 2 is 2.55 bits per heavy atom. The molecule has 0 aromatic carbocycles. The van der Waals surface area contributed by atoms with Gasteiger partial charge >= 0.3 is 0 Å². The van der Waals surface area contributed by atoms with Crippen molar-refractivity contribution in [3.05, 3.63) is 0 Å². The number of carbonyl (C=O) groups excluding carboxylic acids is 1. The zero-order chi connectivity index (χ0) is 8.27.